The average molecular weight is 352 g/mol. The van der Waals surface area contributed by atoms with Gasteiger partial charge in [-0.15, -0.1) is 0 Å². The molecule has 0 radical (unpaired) electrons. The quantitative estimate of drug-likeness (QED) is 0.768. The predicted molar refractivity (Wildman–Crippen MR) is 95.1 cm³/mol. The number of hydrogen-bond acceptors (Lipinski definition) is 5. The monoisotopic (exact) mass is 352 g/mol. The van der Waals surface area contributed by atoms with Gasteiger partial charge in [0.15, 0.2) is 0 Å². The van der Waals surface area contributed by atoms with E-state index in [0.29, 0.717) is 16.9 Å². The molecule has 8 nitrogen and oxygen atoms in total. The van der Waals surface area contributed by atoms with E-state index in [1.54, 1.807) is 6.20 Å². The predicted octanol–water partition coefficient (Wildman–Crippen LogP) is 1.51. The Balaban J connectivity index is 1.59. The summed E-state index contributed by atoms with van der Waals surface area (Å²) in [5.74, 6) is -0.596. The standard InChI is InChI=1S/C18H20N6O2/c19-5-3-15(25)24-11-1-2-12(24)8-10(7-11)23-16-13-4-6-21-18(13)22-9-14(16)17(20)26/h4,6,9-12H,1-3,7-8H2,(H2,20,26)(H2,21,22,23)/t10?,11-,12+. The van der Waals surface area contributed by atoms with Crippen molar-refractivity contribution in [2.45, 2.75) is 50.2 Å². The summed E-state index contributed by atoms with van der Waals surface area (Å²) < 4.78 is 0. The van der Waals surface area contributed by atoms with Gasteiger partial charge < -0.3 is 20.9 Å². The molecule has 0 saturated carbocycles. The minimum atomic E-state index is -0.521. The van der Waals surface area contributed by atoms with E-state index in [4.69, 9.17) is 11.0 Å². The van der Waals surface area contributed by atoms with Crippen LogP contribution in [0.2, 0.25) is 0 Å². The molecule has 8 heteroatoms. The molecule has 3 atom stereocenters. The van der Waals surface area contributed by atoms with E-state index >= 15 is 0 Å². The van der Waals surface area contributed by atoms with Gasteiger partial charge in [-0.25, -0.2) is 4.98 Å². The van der Waals surface area contributed by atoms with Crippen LogP contribution in [0, 0.1) is 11.3 Å². The molecule has 1 unspecified atom stereocenters. The van der Waals surface area contributed by atoms with Crippen LogP contribution < -0.4 is 11.1 Å². The molecule has 2 aliphatic rings. The number of carbonyl (C=O) groups is 2. The molecule has 2 saturated heterocycles. The molecule has 2 fully saturated rings. The Labute approximate surface area is 150 Å². The first-order valence-electron chi connectivity index (χ1n) is 8.79. The summed E-state index contributed by atoms with van der Waals surface area (Å²) in [6.07, 6.45) is 6.70. The maximum absolute atomic E-state index is 12.2. The molecule has 4 rings (SSSR count). The summed E-state index contributed by atoms with van der Waals surface area (Å²) in [6, 6.07) is 4.25. The number of anilines is 1. The number of carbonyl (C=O) groups excluding carboxylic acids is 2. The van der Waals surface area contributed by atoms with Crippen LogP contribution >= 0.6 is 0 Å². The molecule has 4 N–H and O–H groups in total. The Morgan fingerprint density at radius 3 is 2.77 bits per heavy atom. The van der Waals surface area contributed by atoms with Gasteiger partial charge in [0.25, 0.3) is 5.91 Å². The molecule has 0 aliphatic carbocycles. The summed E-state index contributed by atoms with van der Waals surface area (Å²) in [6.45, 7) is 0. The van der Waals surface area contributed by atoms with Crippen LogP contribution in [0.1, 0.15) is 42.5 Å². The summed E-state index contributed by atoms with van der Waals surface area (Å²) in [4.78, 5) is 33.2. The summed E-state index contributed by atoms with van der Waals surface area (Å²) in [7, 11) is 0. The molecule has 0 aromatic carbocycles. The van der Waals surface area contributed by atoms with Crippen molar-refractivity contribution in [2.75, 3.05) is 5.32 Å². The lowest BCUT2D eigenvalue weighted by molar-refractivity contribution is -0.134. The van der Waals surface area contributed by atoms with Gasteiger partial charge in [-0.3, -0.25) is 9.59 Å². The second-order valence-corrected chi connectivity index (χ2v) is 6.98. The second-order valence-electron chi connectivity index (χ2n) is 6.98. The number of amides is 2. The zero-order chi connectivity index (χ0) is 18.3. The number of pyridine rings is 1. The summed E-state index contributed by atoms with van der Waals surface area (Å²) in [5, 5.41) is 13.1. The van der Waals surface area contributed by atoms with Crippen molar-refractivity contribution >= 4 is 28.5 Å². The zero-order valence-electron chi connectivity index (χ0n) is 14.2. The Kier molecular flexibility index (Phi) is 3.99. The third-order valence-electron chi connectivity index (χ3n) is 5.45. The van der Waals surface area contributed by atoms with Crippen LogP contribution in [-0.4, -0.2) is 44.8 Å². The molecule has 2 amide bonds. The van der Waals surface area contributed by atoms with Crippen molar-refractivity contribution < 1.29 is 9.59 Å². The van der Waals surface area contributed by atoms with Gasteiger partial charge in [-0.1, -0.05) is 0 Å². The van der Waals surface area contributed by atoms with E-state index in [1.165, 1.54) is 6.20 Å². The first-order chi connectivity index (χ1) is 12.6. The van der Waals surface area contributed by atoms with Crippen molar-refractivity contribution in [1.29, 1.82) is 5.26 Å². The van der Waals surface area contributed by atoms with Crippen LogP contribution in [0.5, 0.6) is 0 Å². The van der Waals surface area contributed by atoms with Crippen molar-refractivity contribution in [2.24, 2.45) is 5.73 Å². The minimum Gasteiger partial charge on any atom is -0.381 e. The van der Waals surface area contributed by atoms with E-state index in [1.807, 2.05) is 17.0 Å². The number of rotatable bonds is 4. The molecule has 2 bridgehead atoms. The molecule has 2 aliphatic heterocycles. The number of H-pyrrole nitrogens is 1. The van der Waals surface area contributed by atoms with Crippen molar-refractivity contribution in [3.8, 4) is 6.07 Å². The van der Waals surface area contributed by atoms with Gasteiger partial charge >= 0.3 is 0 Å². The molecular formula is C18H20N6O2. The molecule has 2 aromatic heterocycles. The average Bonchev–Trinajstić information content (AvgIpc) is 3.18. The molecule has 26 heavy (non-hydrogen) atoms. The van der Waals surface area contributed by atoms with Gasteiger partial charge in [0.05, 0.1) is 17.3 Å². The highest BCUT2D eigenvalue weighted by molar-refractivity contribution is 6.06. The molecule has 134 valence electrons. The highest BCUT2D eigenvalue weighted by atomic mass is 16.2. The number of nitrogens with zero attached hydrogens (tertiary/aromatic N) is 3. The van der Waals surface area contributed by atoms with E-state index in [2.05, 4.69) is 15.3 Å². The normalized spacial score (nSPS) is 24.4. The summed E-state index contributed by atoms with van der Waals surface area (Å²) in [5.41, 5.74) is 7.29. The van der Waals surface area contributed by atoms with Gasteiger partial charge in [-0.05, 0) is 31.7 Å². The maximum Gasteiger partial charge on any atom is 0.252 e. The Morgan fingerprint density at radius 1 is 1.38 bits per heavy atom. The Hall–Kier alpha value is -3.08. The zero-order valence-corrected chi connectivity index (χ0v) is 14.2. The second kappa shape index (κ2) is 6.33. The molecule has 4 heterocycles. The largest absolute Gasteiger partial charge is 0.381 e. The number of nitriles is 1. The van der Waals surface area contributed by atoms with Crippen LogP contribution in [0.15, 0.2) is 18.5 Å². The lowest BCUT2D eigenvalue weighted by Gasteiger charge is -2.39. The van der Waals surface area contributed by atoms with Crippen molar-refractivity contribution in [3.63, 3.8) is 0 Å². The van der Waals surface area contributed by atoms with Gasteiger partial charge in [0, 0.05) is 35.9 Å². The SMILES string of the molecule is N#CCC(=O)N1[C@@H]2CC[C@H]1CC(Nc1c(C(N)=O)cnc3[nH]ccc13)C2. The van der Waals surface area contributed by atoms with Crippen LogP contribution in [0.4, 0.5) is 5.69 Å². The number of nitrogens with two attached hydrogens (primary N) is 1. The highest BCUT2D eigenvalue weighted by Crippen LogP contribution is 2.38. The fourth-order valence-corrected chi connectivity index (χ4v) is 4.42. The van der Waals surface area contributed by atoms with Crippen molar-refractivity contribution in [1.82, 2.24) is 14.9 Å². The number of piperidine rings is 1. The first-order valence-corrected chi connectivity index (χ1v) is 8.79. The van der Waals surface area contributed by atoms with E-state index in [-0.39, 0.29) is 30.5 Å². The van der Waals surface area contributed by atoms with E-state index < -0.39 is 5.91 Å². The van der Waals surface area contributed by atoms with Gasteiger partial charge in [-0.2, -0.15) is 5.26 Å². The smallest absolute Gasteiger partial charge is 0.252 e. The van der Waals surface area contributed by atoms with E-state index in [9.17, 15) is 9.59 Å². The fraction of sp³-hybridized carbons (Fsp3) is 0.444. The maximum atomic E-state index is 12.2. The van der Waals surface area contributed by atoms with Crippen molar-refractivity contribution in [3.05, 3.63) is 24.0 Å². The first kappa shape index (κ1) is 16.4. The third kappa shape index (κ3) is 2.65. The molecule has 2 aromatic rings. The number of nitrogens with one attached hydrogen (secondary N) is 2. The van der Waals surface area contributed by atoms with Gasteiger partial charge in [0.2, 0.25) is 5.91 Å². The summed E-state index contributed by atoms with van der Waals surface area (Å²) >= 11 is 0. The fourth-order valence-electron chi connectivity index (χ4n) is 4.42. The van der Waals surface area contributed by atoms with Crippen LogP contribution in [0.25, 0.3) is 11.0 Å². The van der Waals surface area contributed by atoms with Crippen LogP contribution in [-0.2, 0) is 4.79 Å². The third-order valence-corrected chi connectivity index (χ3v) is 5.45. The Bertz CT molecular complexity index is 900. The van der Waals surface area contributed by atoms with E-state index in [0.717, 1.165) is 31.1 Å². The lowest BCUT2D eigenvalue weighted by Crippen LogP contribution is -2.49. The number of aromatic nitrogens is 2. The lowest BCUT2D eigenvalue weighted by atomic mass is 9.96. The minimum absolute atomic E-state index is 0.0642. The van der Waals surface area contributed by atoms with Crippen LogP contribution in [0.3, 0.4) is 0 Å². The number of fused-ring (bicyclic) bond motifs is 3. The Morgan fingerprint density at radius 2 is 2.12 bits per heavy atom. The highest BCUT2D eigenvalue weighted by Gasteiger charge is 2.43. The number of primary amides is 1. The topological polar surface area (TPSA) is 128 Å². The number of hydrogen-bond donors (Lipinski definition) is 3. The molecular weight excluding hydrogens is 332 g/mol. The molecule has 0 spiro atoms. The van der Waals surface area contributed by atoms with Gasteiger partial charge in [0.1, 0.15) is 12.1 Å². The number of aromatic amines is 1.